The van der Waals surface area contributed by atoms with Crippen molar-refractivity contribution in [2.45, 2.75) is 294 Å². The maximum absolute atomic E-state index is 13.1. The van der Waals surface area contributed by atoms with Crippen molar-refractivity contribution in [3.05, 3.63) is 12.2 Å². The molecule has 62 heavy (non-hydrogen) atoms. The molecule has 1 rings (SSSR count). The fraction of sp³-hybridized carbons (Fsp3) is 0.941. The van der Waals surface area contributed by atoms with E-state index in [1.165, 1.54) is 161 Å². The van der Waals surface area contributed by atoms with Crippen LogP contribution in [-0.4, -0.2) is 110 Å². The van der Waals surface area contributed by atoms with Gasteiger partial charge in [0.1, 0.15) is 36.6 Å². The second-order valence-electron chi connectivity index (χ2n) is 18.6. The number of carbonyl (C=O) groups excluding carboxylic acids is 1. The molecule has 1 saturated heterocycles. The molecule has 1 aliphatic rings. The molecule has 0 bridgehead atoms. The van der Waals surface area contributed by atoms with Gasteiger partial charge in [-0.2, -0.15) is 0 Å². The lowest BCUT2D eigenvalue weighted by molar-refractivity contribution is -0.303. The summed E-state index contributed by atoms with van der Waals surface area (Å²) in [6, 6.07) is -1.18. The zero-order valence-electron chi connectivity index (χ0n) is 39.9. The van der Waals surface area contributed by atoms with Gasteiger partial charge < -0.3 is 50.5 Å². The Balaban J connectivity index is 2.35. The van der Waals surface area contributed by atoms with Crippen molar-refractivity contribution in [2.75, 3.05) is 13.2 Å². The van der Waals surface area contributed by atoms with E-state index in [1.54, 1.807) is 0 Å². The van der Waals surface area contributed by atoms with Crippen molar-refractivity contribution in [3.63, 3.8) is 0 Å². The Hall–Kier alpha value is -1.15. The minimum Gasteiger partial charge on any atom is -0.394 e. The maximum atomic E-state index is 13.1. The number of carbonyl (C=O) groups is 1. The van der Waals surface area contributed by atoms with Crippen molar-refractivity contribution in [1.29, 1.82) is 0 Å². The molecule has 0 aromatic carbocycles. The fourth-order valence-corrected chi connectivity index (χ4v) is 8.50. The zero-order chi connectivity index (χ0) is 45.5. The summed E-state index contributed by atoms with van der Waals surface area (Å²) in [5.74, 6) is -0.703. The molecule has 0 aliphatic carbocycles. The van der Waals surface area contributed by atoms with Gasteiger partial charge >= 0.3 is 0 Å². The lowest BCUT2D eigenvalue weighted by Gasteiger charge is -2.40. The van der Waals surface area contributed by atoms with Gasteiger partial charge in [-0.3, -0.25) is 4.79 Å². The molecule has 9 unspecified atom stereocenters. The first-order chi connectivity index (χ1) is 30.2. The van der Waals surface area contributed by atoms with Crippen molar-refractivity contribution in [3.8, 4) is 0 Å². The van der Waals surface area contributed by atoms with Crippen molar-refractivity contribution in [1.82, 2.24) is 5.32 Å². The number of nitrogens with one attached hydrogen (secondary N) is 1. The molecule has 9 atom stereocenters. The normalized spacial score (nSPS) is 21.3. The van der Waals surface area contributed by atoms with Gasteiger partial charge in [0.15, 0.2) is 6.29 Å². The van der Waals surface area contributed by atoms with Crippen LogP contribution in [0.5, 0.6) is 0 Å². The monoisotopic (exact) mass is 886 g/mol. The maximum Gasteiger partial charge on any atom is 0.249 e. The summed E-state index contributed by atoms with van der Waals surface area (Å²) in [6.07, 6.45) is 34.1. The number of aliphatic hydroxyl groups is 7. The minimum absolute atomic E-state index is 0.259. The largest absolute Gasteiger partial charge is 0.394 e. The van der Waals surface area contributed by atoms with Crippen LogP contribution in [0.2, 0.25) is 0 Å². The number of hydrogen-bond donors (Lipinski definition) is 8. The van der Waals surface area contributed by atoms with E-state index in [1.807, 2.05) is 0 Å². The highest BCUT2D eigenvalue weighted by Gasteiger charge is 2.44. The summed E-state index contributed by atoms with van der Waals surface area (Å²) in [5.41, 5.74) is 0. The first-order valence-corrected chi connectivity index (χ1v) is 26.1. The molecule has 368 valence electrons. The van der Waals surface area contributed by atoms with Crippen LogP contribution in [0.3, 0.4) is 0 Å². The average molecular weight is 886 g/mol. The third kappa shape index (κ3) is 30.1. The Morgan fingerprint density at radius 3 is 1.39 bits per heavy atom. The predicted molar refractivity (Wildman–Crippen MR) is 252 cm³/mol. The first-order valence-electron chi connectivity index (χ1n) is 26.1. The second kappa shape index (κ2) is 41.3. The van der Waals surface area contributed by atoms with E-state index in [-0.39, 0.29) is 12.8 Å². The molecular weight excluding hydrogens is 787 g/mol. The molecule has 0 radical (unpaired) electrons. The third-order valence-corrected chi connectivity index (χ3v) is 12.8. The van der Waals surface area contributed by atoms with E-state index < -0.39 is 74.2 Å². The van der Waals surface area contributed by atoms with Crippen molar-refractivity contribution >= 4 is 5.91 Å². The molecule has 11 heteroatoms. The van der Waals surface area contributed by atoms with Gasteiger partial charge in [0.05, 0.1) is 25.4 Å². The smallest absolute Gasteiger partial charge is 0.249 e. The number of unbranched alkanes of at least 4 members (excludes halogenated alkanes) is 30. The van der Waals surface area contributed by atoms with Crippen LogP contribution < -0.4 is 5.32 Å². The van der Waals surface area contributed by atoms with Crippen LogP contribution in [0.1, 0.15) is 239 Å². The molecule has 1 amide bonds. The van der Waals surface area contributed by atoms with Crippen LogP contribution in [0.4, 0.5) is 0 Å². The van der Waals surface area contributed by atoms with Gasteiger partial charge in [-0.05, 0) is 38.5 Å². The fourth-order valence-electron chi connectivity index (χ4n) is 8.50. The van der Waals surface area contributed by atoms with Crippen LogP contribution in [0.25, 0.3) is 0 Å². The van der Waals surface area contributed by atoms with Gasteiger partial charge in [0.25, 0.3) is 0 Å². The highest BCUT2D eigenvalue weighted by Crippen LogP contribution is 2.23. The van der Waals surface area contributed by atoms with E-state index in [0.29, 0.717) is 12.8 Å². The van der Waals surface area contributed by atoms with Crippen LogP contribution >= 0.6 is 0 Å². The number of aliphatic hydroxyl groups excluding tert-OH is 7. The third-order valence-electron chi connectivity index (χ3n) is 12.8. The van der Waals surface area contributed by atoms with Crippen molar-refractivity contribution in [2.24, 2.45) is 0 Å². The number of rotatable bonds is 44. The molecule has 0 saturated carbocycles. The second-order valence-corrected chi connectivity index (χ2v) is 18.6. The number of allylic oxidation sites excluding steroid dienone is 2. The Labute approximate surface area is 379 Å². The van der Waals surface area contributed by atoms with Gasteiger partial charge in [-0.25, -0.2) is 0 Å². The number of amides is 1. The summed E-state index contributed by atoms with van der Waals surface area (Å²) in [4.78, 5) is 13.1. The standard InChI is InChI=1S/C51H99NO10/c1-3-5-7-9-11-13-15-17-18-19-20-21-22-23-24-25-27-29-31-33-35-37-39-44(55)50(60)52-42(41-61-51-49(59)48(58)47(57)45(40-53)62-51)46(56)43(54)38-36-34-32-30-28-26-16-14-12-10-8-6-4-2/h30,32,42-49,51,53-59H,3-29,31,33-41H2,1-2H3,(H,52,60)/b32-30+. The highest BCUT2D eigenvalue weighted by atomic mass is 16.7. The average Bonchev–Trinajstić information content (AvgIpc) is 3.27. The Morgan fingerprint density at radius 2 is 0.952 bits per heavy atom. The number of hydrogen-bond acceptors (Lipinski definition) is 10. The van der Waals surface area contributed by atoms with Gasteiger partial charge in [-0.1, -0.05) is 212 Å². The van der Waals surface area contributed by atoms with E-state index in [2.05, 4.69) is 31.3 Å². The lowest BCUT2D eigenvalue weighted by atomic mass is 9.98. The number of ether oxygens (including phenoxy) is 2. The summed E-state index contributed by atoms with van der Waals surface area (Å²) in [6.45, 7) is 3.44. The van der Waals surface area contributed by atoms with Gasteiger partial charge in [0, 0.05) is 0 Å². The van der Waals surface area contributed by atoms with Crippen LogP contribution in [0, 0.1) is 0 Å². The molecule has 0 aromatic heterocycles. The van der Waals surface area contributed by atoms with Crippen molar-refractivity contribution < 1.29 is 50.0 Å². The highest BCUT2D eigenvalue weighted by molar-refractivity contribution is 5.80. The Morgan fingerprint density at radius 1 is 0.548 bits per heavy atom. The topological polar surface area (TPSA) is 189 Å². The Kier molecular flexibility index (Phi) is 39.2. The van der Waals surface area contributed by atoms with Gasteiger partial charge in [-0.15, -0.1) is 0 Å². The quantitative estimate of drug-likeness (QED) is 0.0216. The summed E-state index contributed by atoms with van der Waals surface area (Å²) in [7, 11) is 0. The summed E-state index contributed by atoms with van der Waals surface area (Å²) >= 11 is 0. The van der Waals surface area contributed by atoms with E-state index in [9.17, 15) is 40.5 Å². The predicted octanol–water partition coefficient (Wildman–Crippen LogP) is 9.62. The molecule has 0 spiro atoms. The molecule has 1 heterocycles. The minimum atomic E-state index is -1.66. The van der Waals surface area contributed by atoms with Gasteiger partial charge in [0.2, 0.25) is 5.91 Å². The van der Waals surface area contributed by atoms with E-state index in [4.69, 9.17) is 9.47 Å². The molecule has 1 aliphatic heterocycles. The molecule has 0 aromatic rings. The lowest BCUT2D eigenvalue weighted by Crippen LogP contribution is -2.60. The molecule has 8 N–H and O–H groups in total. The molecular formula is C51H99NO10. The molecule has 1 fully saturated rings. The SMILES string of the molecule is CCCCCCCCCC/C=C/CCCC(O)C(O)C(COC1OC(CO)C(O)C(O)C1O)NC(=O)C(O)CCCCCCCCCCCCCCCCCCCCCCCC. The van der Waals surface area contributed by atoms with Crippen LogP contribution in [-0.2, 0) is 14.3 Å². The zero-order valence-corrected chi connectivity index (χ0v) is 39.9. The van der Waals surface area contributed by atoms with E-state index in [0.717, 1.165) is 38.5 Å². The Bertz CT molecular complexity index is 1020. The van der Waals surface area contributed by atoms with E-state index >= 15 is 0 Å². The summed E-state index contributed by atoms with van der Waals surface area (Å²) in [5, 5.41) is 75.8. The van der Waals surface area contributed by atoms with Crippen LogP contribution in [0.15, 0.2) is 12.2 Å². The summed E-state index contributed by atoms with van der Waals surface area (Å²) < 4.78 is 11.1. The molecule has 11 nitrogen and oxygen atoms in total. The first kappa shape index (κ1) is 58.9.